The van der Waals surface area contributed by atoms with E-state index in [4.69, 9.17) is 11.6 Å². The van der Waals surface area contributed by atoms with Gasteiger partial charge in [0.15, 0.2) is 0 Å². The minimum absolute atomic E-state index is 0.258. The third kappa shape index (κ3) is 4.17. The number of nitrogens with one attached hydrogen (secondary N) is 2. The topological polar surface area (TPSA) is 85.5 Å². The van der Waals surface area contributed by atoms with E-state index in [-0.39, 0.29) is 23.1 Å². The minimum atomic E-state index is -0.737. The van der Waals surface area contributed by atoms with Crippen molar-refractivity contribution in [2.75, 3.05) is 4.90 Å². The number of hydrogen-bond acceptors (Lipinski definition) is 3. The Morgan fingerprint density at radius 1 is 0.902 bits per heavy atom. The standard InChI is InChI=1S/C33H25ClN4O3/c34-22-12-8-11-21(17-22)30-29-25(23-13-4-6-15-26(23)36-29)18-28-32(40)38(33(41)37(28)30)27-16-7-5-14-24(27)31(39)35-19-20-9-2-1-3-10-20/h1-17,28,30,36H,18-19H2,(H,35,39)/t28-,30-/m0/s1. The first-order chi connectivity index (χ1) is 20.0. The van der Waals surface area contributed by atoms with Gasteiger partial charge in [0, 0.05) is 34.6 Å². The molecular formula is C33H25ClN4O3. The number of carbonyl (C=O) groups excluding carboxylic acids is 3. The molecule has 2 aliphatic heterocycles. The average molecular weight is 561 g/mol. The van der Waals surface area contributed by atoms with E-state index in [1.807, 2.05) is 72.8 Å². The molecule has 0 spiro atoms. The molecule has 4 amide bonds. The van der Waals surface area contributed by atoms with Crippen molar-refractivity contribution in [2.24, 2.45) is 0 Å². The van der Waals surface area contributed by atoms with Gasteiger partial charge >= 0.3 is 6.03 Å². The predicted molar refractivity (Wildman–Crippen MR) is 158 cm³/mol. The normalized spacial score (nSPS) is 18.0. The van der Waals surface area contributed by atoms with Gasteiger partial charge in [-0.2, -0.15) is 0 Å². The van der Waals surface area contributed by atoms with Crippen LogP contribution >= 0.6 is 11.6 Å². The van der Waals surface area contributed by atoms with Gasteiger partial charge in [0.05, 0.1) is 11.3 Å². The molecular weight excluding hydrogens is 536 g/mol. The number of carbonyl (C=O) groups is 3. The van der Waals surface area contributed by atoms with Crippen molar-refractivity contribution < 1.29 is 14.4 Å². The van der Waals surface area contributed by atoms with Gasteiger partial charge in [0.25, 0.3) is 11.8 Å². The van der Waals surface area contributed by atoms with Gasteiger partial charge in [-0.1, -0.05) is 84.4 Å². The number of H-pyrrole nitrogens is 1. The zero-order chi connectivity index (χ0) is 28.1. The first kappa shape index (κ1) is 25.1. The molecule has 4 aromatic carbocycles. The third-order valence-corrected chi connectivity index (χ3v) is 8.13. The van der Waals surface area contributed by atoms with Crippen LogP contribution in [0.2, 0.25) is 5.02 Å². The van der Waals surface area contributed by atoms with Crippen molar-refractivity contribution in [3.05, 3.63) is 136 Å². The number of hydrogen-bond donors (Lipinski definition) is 2. The van der Waals surface area contributed by atoms with Crippen LogP contribution in [-0.2, 0) is 17.8 Å². The number of aromatic nitrogens is 1. The number of halogens is 1. The fraction of sp³-hybridized carbons (Fsp3) is 0.121. The lowest BCUT2D eigenvalue weighted by atomic mass is 9.89. The monoisotopic (exact) mass is 560 g/mol. The SMILES string of the molecule is O=C(NCc1ccccc1)c1ccccc1N1C(=O)[C@@H]2Cc3c([nH]c4ccccc34)[C@H](c3cccc(Cl)c3)N2C1=O. The Kier molecular flexibility index (Phi) is 6.09. The number of fused-ring (bicyclic) bond motifs is 4. The van der Waals surface area contributed by atoms with Crippen LogP contribution in [0.4, 0.5) is 10.5 Å². The predicted octanol–water partition coefficient (Wildman–Crippen LogP) is 6.23. The average Bonchev–Trinajstić information content (AvgIpc) is 3.49. The van der Waals surface area contributed by atoms with Crippen molar-refractivity contribution in [2.45, 2.75) is 25.0 Å². The summed E-state index contributed by atoms with van der Waals surface area (Å²) >= 11 is 6.40. The first-order valence-corrected chi connectivity index (χ1v) is 13.8. The third-order valence-electron chi connectivity index (χ3n) is 7.90. The van der Waals surface area contributed by atoms with Crippen LogP contribution in [0.5, 0.6) is 0 Å². The molecule has 7 nitrogen and oxygen atoms in total. The largest absolute Gasteiger partial charge is 0.356 e. The van der Waals surface area contributed by atoms with Crippen molar-refractivity contribution >= 4 is 46.0 Å². The first-order valence-electron chi connectivity index (χ1n) is 13.4. The molecule has 3 heterocycles. The highest BCUT2D eigenvalue weighted by atomic mass is 35.5. The van der Waals surface area contributed by atoms with Crippen LogP contribution in [0.15, 0.2) is 103 Å². The highest BCUT2D eigenvalue weighted by molar-refractivity contribution is 6.30. The smallest absolute Gasteiger partial charge is 0.332 e. The van der Waals surface area contributed by atoms with Gasteiger partial charge < -0.3 is 10.3 Å². The summed E-state index contributed by atoms with van der Waals surface area (Å²) in [7, 11) is 0. The highest BCUT2D eigenvalue weighted by Gasteiger charge is 2.53. The lowest BCUT2D eigenvalue weighted by Crippen LogP contribution is -2.44. The van der Waals surface area contributed by atoms with Gasteiger partial charge in [-0.25, -0.2) is 9.69 Å². The Labute approximate surface area is 241 Å². The van der Waals surface area contributed by atoms with Crippen LogP contribution in [0.3, 0.4) is 0 Å². The molecule has 0 saturated carbocycles. The summed E-state index contributed by atoms with van der Waals surface area (Å²) in [6, 6.07) is 29.9. The summed E-state index contributed by atoms with van der Waals surface area (Å²) in [5.74, 6) is -0.723. The van der Waals surface area contributed by atoms with E-state index >= 15 is 0 Å². The molecule has 5 aromatic rings. The summed E-state index contributed by atoms with van der Waals surface area (Å²) in [5.41, 5.74) is 5.08. The summed E-state index contributed by atoms with van der Waals surface area (Å²) < 4.78 is 0. The summed E-state index contributed by atoms with van der Waals surface area (Å²) in [6.45, 7) is 0.323. The molecule has 2 aliphatic rings. The van der Waals surface area contributed by atoms with Crippen LogP contribution < -0.4 is 10.2 Å². The second kappa shape index (κ2) is 9.94. The van der Waals surface area contributed by atoms with Gasteiger partial charge in [-0.3, -0.25) is 14.5 Å². The fourth-order valence-corrected chi connectivity index (χ4v) is 6.25. The molecule has 2 atom stereocenters. The summed E-state index contributed by atoms with van der Waals surface area (Å²) in [5, 5.41) is 4.48. The van der Waals surface area contributed by atoms with E-state index in [0.717, 1.165) is 38.2 Å². The Morgan fingerprint density at radius 2 is 1.66 bits per heavy atom. The quantitative estimate of drug-likeness (QED) is 0.250. The van der Waals surface area contributed by atoms with E-state index < -0.39 is 18.1 Å². The van der Waals surface area contributed by atoms with E-state index in [1.54, 1.807) is 35.2 Å². The Hall–Kier alpha value is -4.88. The Balaban J connectivity index is 1.29. The molecule has 0 aliphatic carbocycles. The van der Waals surface area contributed by atoms with Crippen molar-refractivity contribution in [1.82, 2.24) is 15.2 Å². The molecule has 2 N–H and O–H groups in total. The van der Waals surface area contributed by atoms with Crippen molar-refractivity contribution in [1.29, 1.82) is 0 Å². The fourth-order valence-electron chi connectivity index (χ4n) is 6.05. The maximum absolute atomic E-state index is 14.3. The van der Waals surface area contributed by atoms with Crippen molar-refractivity contribution in [3.63, 3.8) is 0 Å². The Morgan fingerprint density at radius 3 is 2.49 bits per heavy atom. The second-order valence-electron chi connectivity index (χ2n) is 10.3. The number of para-hydroxylation sites is 2. The maximum Gasteiger partial charge on any atom is 0.332 e. The highest BCUT2D eigenvalue weighted by Crippen LogP contribution is 2.45. The Bertz CT molecular complexity index is 1830. The van der Waals surface area contributed by atoms with Gasteiger partial charge in [0.2, 0.25) is 0 Å². The molecule has 1 fully saturated rings. The molecule has 0 bridgehead atoms. The molecule has 202 valence electrons. The number of imide groups is 1. The van der Waals surface area contributed by atoms with E-state index in [1.165, 1.54) is 0 Å². The number of anilines is 1. The molecule has 0 unspecified atom stereocenters. The molecule has 1 aromatic heterocycles. The number of aromatic amines is 1. The zero-order valence-electron chi connectivity index (χ0n) is 21.9. The maximum atomic E-state index is 14.3. The molecule has 41 heavy (non-hydrogen) atoms. The molecule has 1 saturated heterocycles. The number of amides is 4. The van der Waals surface area contributed by atoms with E-state index in [2.05, 4.69) is 10.3 Å². The van der Waals surface area contributed by atoms with Crippen LogP contribution in [0.25, 0.3) is 10.9 Å². The van der Waals surface area contributed by atoms with Gasteiger partial charge in [0.1, 0.15) is 12.1 Å². The van der Waals surface area contributed by atoms with Crippen LogP contribution in [0, 0.1) is 0 Å². The van der Waals surface area contributed by atoms with Crippen molar-refractivity contribution in [3.8, 4) is 0 Å². The van der Waals surface area contributed by atoms with Crippen LogP contribution in [-0.4, -0.2) is 33.8 Å². The second-order valence-corrected chi connectivity index (χ2v) is 10.7. The zero-order valence-corrected chi connectivity index (χ0v) is 22.6. The molecule has 0 radical (unpaired) electrons. The molecule has 7 rings (SSSR count). The lowest BCUT2D eigenvalue weighted by Gasteiger charge is -2.36. The summed E-state index contributed by atoms with van der Waals surface area (Å²) in [6.07, 6.45) is 0.361. The van der Waals surface area contributed by atoms with Gasteiger partial charge in [-0.05, 0) is 47.0 Å². The minimum Gasteiger partial charge on any atom is -0.356 e. The number of benzene rings is 4. The van der Waals surface area contributed by atoms with E-state index in [0.29, 0.717) is 18.0 Å². The number of nitrogens with zero attached hydrogens (tertiary/aromatic N) is 2. The van der Waals surface area contributed by atoms with Crippen LogP contribution in [0.1, 0.15) is 38.8 Å². The van der Waals surface area contributed by atoms with E-state index in [9.17, 15) is 14.4 Å². The number of rotatable bonds is 5. The lowest BCUT2D eigenvalue weighted by molar-refractivity contribution is -0.120. The number of urea groups is 1. The van der Waals surface area contributed by atoms with Gasteiger partial charge in [-0.15, -0.1) is 0 Å². The summed E-state index contributed by atoms with van der Waals surface area (Å²) in [4.78, 5) is 48.0. The molecule has 8 heteroatoms.